The quantitative estimate of drug-likeness (QED) is 0.530. The summed E-state index contributed by atoms with van der Waals surface area (Å²) in [4.78, 5) is 0. The molecule has 0 spiro atoms. The fourth-order valence-electron chi connectivity index (χ4n) is 3.30. The SMILES string of the molecule is C#Cc1ccccc1.CC1(C)C2=CC=CC=C(C2)c2ccccc21. The highest BCUT2D eigenvalue weighted by Gasteiger charge is 2.33. The zero-order valence-electron chi connectivity index (χ0n) is 14.3. The van der Waals surface area contributed by atoms with Crippen molar-refractivity contribution in [2.24, 2.45) is 0 Å². The van der Waals surface area contributed by atoms with E-state index in [9.17, 15) is 0 Å². The highest BCUT2D eigenvalue weighted by molar-refractivity contribution is 5.77. The minimum Gasteiger partial charge on any atom is -0.115 e. The van der Waals surface area contributed by atoms with Crippen LogP contribution in [0.3, 0.4) is 0 Å². The molecule has 2 aliphatic carbocycles. The van der Waals surface area contributed by atoms with Gasteiger partial charge in [-0.15, -0.1) is 6.42 Å². The summed E-state index contributed by atoms with van der Waals surface area (Å²) >= 11 is 0. The molecule has 2 bridgehead atoms. The number of benzene rings is 2. The molecule has 0 aliphatic heterocycles. The number of rotatable bonds is 0. The second kappa shape index (κ2) is 6.77. The third-order valence-corrected chi connectivity index (χ3v) is 4.78. The van der Waals surface area contributed by atoms with E-state index in [-0.39, 0.29) is 5.41 Å². The normalized spacial score (nSPS) is 16.4. The van der Waals surface area contributed by atoms with Crippen molar-refractivity contribution in [2.75, 3.05) is 0 Å². The molecule has 0 heteroatoms. The Morgan fingerprint density at radius 3 is 2.25 bits per heavy atom. The second-order valence-corrected chi connectivity index (χ2v) is 6.63. The van der Waals surface area contributed by atoms with Gasteiger partial charge in [0.05, 0.1) is 0 Å². The van der Waals surface area contributed by atoms with E-state index in [1.165, 1.54) is 22.3 Å². The molecule has 24 heavy (non-hydrogen) atoms. The van der Waals surface area contributed by atoms with Gasteiger partial charge in [-0.1, -0.05) is 92.1 Å². The average Bonchev–Trinajstić information content (AvgIpc) is 2.87. The summed E-state index contributed by atoms with van der Waals surface area (Å²) in [6.07, 6.45) is 15.0. The molecule has 0 atom stereocenters. The van der Waals surface area contributed by atoms with Gasteiger partial charge < -0.3 is 0 Å². The molecular weight excluding hydrogens is 288 g/mol. The van der Waals surface area contributed by atoms with Crippen LogP contribution in [0.15, 0.2) is 84.5 Å². The Kier molecular flexibility index (Phi) is 4.54. The van der Waals surface area contributed by atoms with Gasteiger partial charge in [-0.3, -0.25) is 0 Å². The molecule has 4 rings (SSSR count). The van der Waals surface area contributed by atoms with Gasteiger partial charge in [-0.2, -0.15) is 0 Å². The first kappa shape index (κ1) is 16.1. The molecule has 2 aromatic carbocycles. The van der Waals surface area contributed by atoms with Crippen molar-refractivity contribution < 1.29 is 0 Å². The largest absolute Gasteiger partial charge is 0.115 e. The Morgan fingerprint density at radius 2 is 1.54 bits per heavy atom. The number of hydrogen-bond acceptors (Lipinski definition) is 0. The van der Waals surface area contributed by atoms with Crippen molar-refractivity contribution in [3.05, 3.63) is 101 Å². The summed E-state index contributed by atoms with van der Waals surface area (Å²) in [5.74, 6) is 2.53. The lowest BCUT2D eigenvalue weighted by Crippen LogP contribution is -2.26. The average molecular weight is 310 g/mol. The first-order chi connectivity index (χ1) is 11.6. The van der Waals surface area contributed by atoms with Crippen LogP contribution in [-0.2, 0) is 5.41 Å². The van der Waals surface area contributed by atoms with Crippen LogP contribution in [0.4, 0.5) is 0 Å². The van der Waals surface area contributed by atoms with Crippen LogP contribution in [-0.4, -0.2) is 0 Å². The van der Waals surface area contributed by atoms with Crippen LogP contribution >= 0.6 is 0 Å². The van der Waals surface area contributed by atoms with Gasteiger partial charge in [0.2, 0.25) is 0 Å². The molecule has 0 N–H and O–H groups in total. The van der Waals surface area contributed by atoms with Crippen LogP contribution in [0.2, 0.25) is 0 Å². The molecule has 0 amide bonds. The maximum Gasteiger partial charge on any atom is 0.0242 e. The lowest BCUT2D eigenvalue weighted by Gasteiger charge is -2.36. The van der Waals surface area contributed by atoms with Crippen molar-refractivity contribution in [1.82, 2.24) is 0 Å². The molecule has 0 nitrogen and oxygen atoms in total. The van der Waals surface area contributed by atoms with Crippen LogP contribution in [0.5, 0.6) is 0 Å². The standard InChI is InChI=1S/C16H16.C8H6/c1-16(2)13-8-4-3-7-12(11-13)14-9-5-6-10-15(14)16;1-2-8-6-4-3-5-7-8/h3-10H,11H2,1-2H3;1,3-7H. The number of fused-ring (bicyclic) bond motifs is 4. The molecule has 118 valence electrons. The second-order valence-electron chi connectivity index (χ2n) is 6.63. The van der Waals surface area contributed by atoms with Gasteiger partial charge in [0.15, 0.2) is 0 Å². The molecule has 0 unspecified atom stereocenters. The first-order valence-corrected chi connectivity index (χ1v) is 8.31. The van der Waals surface area contributed by atoms with E-state index in [1.807, 2.05) is 30.3 Å². The van der Waals surface area contributed by atoms with E-state index in [0.717, 1.165) is 12.0 Å². The van der Waals surface area contributed by atoms with Crippen molar-refractivity contribution >= 4 is 5.57 Å². The summed E-state index contributed by atoms with van der Waals surface area (Å²) in [5, 5.41) is 0. The van der Waals surface area contributed by atoms with Crippen molar-refractivity contribution in [3.63, 3.8) is 0 Å². The molecule has 0 saturated carbocycles. The highest BCUT2D eigenvalue weighted by atomic mass is 14.4. The summed E-state index contributed by atoms with van der Waals surface area (Å²) in [7, 11) is 0. The molecule has 0 saturated heterocycles. The maximum absolute atomic E-state index is 5.10. The van der Waals surface area contributed by atoms with Gasteiger partial charge >= 0.3 is 0 Å². The number of terminal acetylenes is 1. The predicted octanol–water partition coefficient (Wildman–Crippen LogP) is 5.92. The summed E-state index contributed by atoms with van der Waals surface area (Å²) < 4.78 is 0. The van der Waals surface area contributed by atoms with E-state index in [1.54, 1.807) is 0 Å². The van der Waals surface area contributed by atoms with Crippen LogP contribution < -0.4 is 0 Å². The Balaban J connectivity index is 0.000000179. The van der Waals surface area contributed by atoms with Crippen LogP contribution in [0.1, 0.15) is 37.0 Å². The fourth-order valence-corrected chi connectivity index (χ4v) is 3.30. The lowest BCUT2D eigenvalue weighted by atomic mass is 9.68. The molecule has 0 heterocycles. The van der Waals surface area contributed by atoms with Gasteiger partial charge in [-0.25, -0.2) is 0 Å². The smallest absolute Gasteiger partial charge is 0.0242 e. The van der Waals surface area contributed by atoms with Crippen LogP contribution in [0.25, 0.3) is 5.57 Å². The van der Waals surface area contributed by atoms with E-state index in [2.05, 4.69) is 68.3 Å². The first-order valence-electron chi connectivity index (χ1n) is 8.31. The monoisotopic (exact) mass is 310 g/mol. The van der Waals surface area contributed by atoms with Crippen molar-refractivity contribution in [2.45, 2.75) is 25.7 Å². The van der Waals surface area contributed by atoms with E-state index < -0.39 is 0 Å². The molecule has 0 aromatic heterocycles. The van der Waals surface area contributed by atoms with E-state index >= 15 is 0 Å². The summed E-state index contributed by atoms with van der Waals surface area (Å²) in [6.45, 7) is 4.65. The van der Waals surface area contributed by atoms with Crippen molar-refractivity contribution in [1.29, 1.82) is 0 Å². The van der Waals surface area contributed by atoms with Gasteiger partial charge in [0, 0.05) is 11.0 Å². The molecular formula is C24H22. The minimum absolute atomic E-state index is 0.169. The van der Waals surface area contributed by atoms with Gasteiger partial charge in [0.25, 0.3) is 0 Å². The minimum atomic E-state index is 0.169. The van der Waals surface area contributed by atoms with Gasteiger partial charge in [0.1, 0.15) is 0 Å². The molecule has 0 fully saturated rings. The highest BCUT2D eigenvalue weighted by Crippen LogP contribution is 2.46. The third-order valence-electron chi connectivity index (χ3n) is 4.78. The zero-order chi connectivity index (χ0) is 17.0. The summed E-state index contributed by atoms with van der Waals surface area (Å²) in [5.41, 5.74) is 6.97. The lowest BCUT2D eigenvalue weighted by molar-refractivity contribution is 0.598. The van der Waals surface area contributed by atoms with E-state index in [4.69, 9.17) is 6.42 Å². The van der Waals surface area contributed by atoms with Gasteiger partial charge in [-0.05, 0) is 35.3 Å². The Hall–Kier alpha value is -2.78. The maximum atomic E-state index is 5.10. The van der Waals surface area contributed by atoms with E-state index in [0.29, 0.717) is 0 Å². The third kappa shape index (κ3) is 3.12. The Bertz CT molecular complexity index is 852. The number of hydrogen-bond donors (Lipinski definition) is 0. The summed E-state index contributed by atoms with van der Waals surface area (Å²) in [6, 6.07) is 18.4. The number of allylic oxidation sites excluding steroid dienone is 6. The topological polar surface area (TPSA) is 0 Å². The molecule has 2 aromatic rings. The van der Waals surface area contributed by atoms with Crippen molar-refractivity contribution in [3.8, 4) is 12.3 Å². The molecule has 0 radical (unpaired) electrons. The predicted molar refractivity (Wildman–Crippen MR) is 104 cm³/mol. The Morgan fingerprint density at radius 1 is 0.875 bits per heavy atom. The van der Waals surface area contributed by atoms with Crippen LogP contribution in [0, 0.1) is 12.3 Å². The zero-order valence-corrected chi connectivity index (χ0v) is 14.3. The fraction of sp³-hybridized carbons (Fsp3) is 0.167. The Labute approximate surface area is 145 Å². The molecule has 2 aliphatic rings.